The molecule has 2 atom stereocenters. The van der Waals surface area contributed by atoms with E-state index in [0.717, 1.165) is 3.27 Å². The molecule has 4 N–H and O–H groups in total. The van der Waals surface area contributed by atoms with Crippen molar-refractivity contribution in [3.63, 3.8) is 0 Å². The van der Waals surface area contributed by atoms with Gasteiger partial charge in [0.05, 0.1) is 0 Å². The molecule has 31 heavy (non-hydrogen) atoms. The number of carbonyl (C=O) groups excluding carboxylic acids is 3. The van der Waals surface area contributed by atoms with Gasteiger partial charge in [-0.1, -0.05) is 0 Å². The Bertz CT molecular complexity index is 817. The summed E-state index contributed by atoms with van der Waals surface area (Å²) in [6.07, 6.45) is 1.03. The monoisotopic (exact) mass is 633 g/mol. The average Bonchev–Trinajstić information content (AvgIpc) is 2.69. The van der Waals surface area contributed by atoms with Crippen LogP contribution < -0.4 is 13.9 Å². The maximum atomic E-state index is 12.0. The van der Waals surface area contributed by atoms with Crippen molar-refractivity contribution in [2.24, 2.45) is 0 Å². The molecule has 1 aromatic rings. The number of hydrogen-bond acceptors (Lipinski definition) is 7. The molecule has 2 amide bonds. The molecule has 0 aliphatic rings. The first-order valence-corrected chi connectivity index (χ1v) is 10.9. The number of carboxylic acid groups (broad SMARTS) is 2. The minimum atomic E-state index is -1.47. The van der Waals surface area contributed by atoms with Crippen LogP contribution in [0.4, 0.5) is 4.79 Å². The van der Waals surface area contributed by atoms with Crippen molar-refractivity contribution in [3.8, 4) is 0 Å². The van der Waals surface area contributed by atoms with Gasteiger partial charge >= 0.3 is 138 Å². The van der Waals surface area contributed by atoms with Gasteiger partial charge in [-0.3, -0.25) is 0 Å². The van der Waals surface area contributed by atoms with E-state index in [2.05, 4.69) is 15.6 Å². The van der Waals surface area contributed by atoms with E-state index in [1.165, 1.54) is 37.8 Å². The molecule has 1 rings (SSSR count). The Morgan fingerprint density at radius 1 is 1.10 bits per heavy atom. The number of carbonyl (C=O) groups is 5. The fraction of sp³-hybridized carbons (Fsp3) is 0.474. The summed E-state index contributed by atoms with van der Waals surface area (Å²) in [6, 6.07) is 0.352. The van der Waals surface area contributed by atoms with E-state index in [1.54, 1.807) is 12.3 Å². The smallest absolute Gasteiger partial charge is 0.480 e. The predicted octanol–water partition coefficient (Wildman–Crippen LogP) is 0.158. The van der Waals surface area contributed by atoms with Gasteiger partial charge in [0.25, 0.3) is 0 Å². The second-order valence-electron chi connectivity index (χ2n) is 6.65. The topological polar surface area (TPSA) is 172 Å². The van der Waals surface area contributed by atoms with Crippen LogP contribution >= 0.6 is 0 Å². The number of aliphatic carboxylic acids is 2. The molecule has 1 aromatic heterocycles. The van der Waals surface area contributed by atoms with Crippen LogP contribution in [0.25, 0.3) is 0 Å². The first-order chi connectivity index (χ1) is 14.6. The number of carboxylic acids is 2. The van der Waals surface area contributed by atoms with E-state index >= 15 is 0 Å². The molecule has 0 fully saturated rings. The fourth-order valence-corrected chi connectivity index (χ4v) is 3.11. The summed E-state index contributed by atoms with van der Waals surface area (Å²) in [5.41, 5.74) is 0.432. The normalized spacial score (nSPS) is 12.3. The van der Waals surface area contributed by atoms with Crippen molar-refractivity contribution >= 4 is 33.0 Å². The van der Waals surface area contributed by atoms with Crippen molar-refractivity contribution in [2.45, 2.75) is 51.2 Å². The summed E-state index contributed by atoms with van der Waals surface area (Å²) in [6.45, 7) is 1.58. The van der Waals surface area contributed by atoms with Gasteiger partial charge in [-0.15, -0.1) is 0 Å². The molecule has 1 heterocycles. The number of hydrogen-bond donors (Lipinski definition) is 4. The van der Waals surface area contributed by atoms with Gasteiger partial charge < -0.3 is 15.2 Å². The maximum absolute atomic E-state index is 12.0. The Kier molecular flexibility index (Phi) is 11.6. The van der Waals surface area contributed by atoms with E-state index in [1.807, 2.05) is 0 Å². The minimum Gasteiger partial charge on any atom is -0.480 e. The van der Waals surface area contributed by atoms with Crippen molar-refractivity contribution < 1.29 is 63.6 Å². The van der Waals surface area contributed by atoms with Gasteiger partial charge in [-0.2, -0.15) is 0 Å². The Morgan fingerprint density at radius 3 is 2.39 bits per heavy atom. The van der Waals surface area contributed by atoms with Gasteiger partial charge in [0, 0.05) is 6.42 Å². The molecular weight excluding hydrogens is 609 g/mol. The number of amides is 2. The molecule has 0 spiro atoms. The summed E-state index contributed by atoms with van der Waals surface area (Å²) in [5, 5.41) is 23.1. The van der Waals surface area contributed by atoms with Crippen LogP contribution in [0.3, 0.4) is 0 Å². The number of nitrogens with one attached hydrogen (secondary N) is 2. The number of nitrogens with zero attached hydrogens (tertiary/aromatic N) is 1. The minimum absolute atomic E-state index is 0.0158. The molecule has 0 bridgehead atoms. The van der Waals surface area contributed by atoms with Crippen molar-refractivity contribution in [1.82, 2.24) is 15.6 Å². The van der Waals surface area contributed by atoms with Gasteiger partial charge in [-0.05, 0) is 13.3 Å². The first kappa shape index (κ1) is 26.4. The van der Waals surface area contributed by atoms with Crippen molar-refractivity contribution in [3.05, 3.63) is 24.0 Å². The Morgan fingerprint density at radius 2 is 1.81 bits per heavy atom. The molecule has 0 aromatic carbocycles. The molecule has 170 valence electrons. The van der Waals surface area contributed by atoms with E-state index < -0.39 is 30.2 Å². The van der Waals surface area contributed by atoms with Crippen LogP contribution in [0.2, 0.25) is 0 Å². The van der Waals surface area contributed by atoms with Crippen LogP contribution in [0.1, 0.15) is 49.4 Å². The standard InChI is InChI=1S/C19H24AtN3O8/c1-11(24)5-6-14(17(26)27)23-19(30)31-15(18(28)29)4-2-3-7-22-16(25)12-8-13(20)10-21-9-12/h8-10,14-15H,2-7H2,1H3,(H,22,25)(H,23,30)(H,26,27)(H,28,29)/t14-,15-/m0/s1/i20+1. The Hall–Kier alpha value is -2.62. The molecule has 12 heteroatoms. The van der Waals surface area contributed by atoms with Crippen LogP contribution in [-0.2, 0) is 19.1 Å². The molecule has 0 unspecified atom stereocenters. The number of rotatable bonds is 13. The van der Waals surface area contributed by atoms with Crippen molar-refractivity contribution in [1.29, 1.82) is 0 Å². The fourth-order valence-electron chi connectivity index (χ4n) is 2.44. The zero-order chi connectivity index (χ0) is 23.4. The van der Waals surface area contributed by atoms with Crippen LogP contribution in [-0.4, -0.2) is 63.6 Å². The van der Waals surface area contributed by atoms with Gasteiger partial charge in [0.15, 0.2) is 0 Å². The van der Waals surface area contributed by atoms with Gasteiger partial charge in [0.1, 0.15) is 11.8 Å². The van der Waals surface area contributed by atoms with Gasteiger partial charge in [-0.25, -0.2) is 9.59 Å². The SMILES string of the molecule is CC(=O)CC[C@H](NC(=O)O[C@@H](CCCCNC(=O)c1cncc([211At])c1)C(=O)O)C(=O)O. The third-order valence-electron chi connectivity index (χ3n) is 4.05. The summed E-state index contributed by atoms with van der Waals surface area (Å²) in [7, 11) is 0. The summed E-state index contributed by atoms with van der Waals surface area (Å²) < 4.78 is 5.72. The number of pyridine rings is 1. The second kappa shape index (κ2) is 13.6. The molecule has 11 nitrogen and oxygen atoms in total. The summed E-state index contributed by atoms with van der Waals surface area (Å²) >= 11 is 1.40. The Balaban J connectivity index is 2.42. The predicted molar refractivity (Wildman–Crippen MR) is 102 cm³/mol. The van der Waals surface area contributed by atoms with E-state index in [-0.39, 0.29) is 31.0 Å². The number of ether oxygens (including phenoxy) is 1. The molecular formula is C19H24AtN3O8. The zero-order valence-corrected chi connectivity index (χ0v) is 19.7. The quantitative estimate of drug-likeness (QED) is 0.221. The third-order valence-corrected chi connectivity index (χ3v) is 4.85. The van der Waals surface area contributed by atoms with Crippen LogP contribution in [0.15, 0.2) is 18.5 Å². The van der Waals surface area contributed by atoms with Crippen LogP contribution in [0, 0.1) is 24.7 Å². The summed E-state index contributed by atoms with van der Waals surface area (Å²) in [5.74, 6) is -3.26. The van der Waals surface area contributed by atoms with Crippen LogP contribution in [0.5, 0.6) is 0 Å². The molecule has 0 aliphatic heterocycles. The Labute approximate surface area is 193 Å². The number of Topliss-reactive ketones (excluding diaryl/α,β-unsaturated/α-hetero) is 1. The first-order valence-electron chi connectivity index (χ1n) is 9.41. The molecule has 0 aliphatic carbocycles. The number of alkyl carbamates (subject to hydrolysis) is 1. The van der Waals surface area contributed by atoms with Gasteiger partial charge in [0.2, 0.25) is 0 Å². The van der Waals surface area contributed by atoms with E-state index in [0.29, 0.717) is 24.9 Å². The zero-order valence-electron chi connectivity index (χ0n) is 16.8. The average molecular weight is 633 g/mol. The van der Waals surface area contributed by atoms with E-state index in [4.69, 9.17) is 9.84 Å². The van der Waals surface area contributed by atoms with Crippen molar-refractivity contribution in [2.75, 3.05) is 6.54 Å². The van der Waals surface area contributed by atoms with E-state index in [9.17, 15) is 29.1 Å². The molecule has 0 saturated heterocycles. The molecule has 0 radical (unpaired) electrons. The third kappa shape index (κ3) is 10.8. The number of ketones is 1. The number of unbranched alkanes of at least 4 members (excludes halogenated alkanes) is 1. The number of aromatic nitrogens is 1. The second-order valence-corrected chi connectivity index (χ2v) is 8.35. The molecule has 0 saturated carbocycles. The summed E-state index contributed by atoms with van der Waals surface area (Å²) in [4.78, 5) is 61.3.